The fourth-order valence-corrected chi connectivity index (χ4v) is 1.30. The number of nitrogens with zero attached hydrogens (tertiary/aromatic N) is 1. The van der Waals surface area contributed by atoms with Gasteiger partial charge < -0.3 is 10.1 Å². The predicted molar refractivity (Wildman–Crippen MR) is 42.1 cm³/mol. The van der Waals surface area contributed by atoms with E-state index in [0.29, 0.717) is 6.42 Å². The largest absolute Gasteiger partial charge is 0.389 e. The van der Waals surface area contributed by atoms with Gasteiger partial charge in [0.25, 0.3) is 0 Å². The Morgan fingerprint density at radius 2 is 2.55 bits per heavy atom. The van der Waals surface area contributed by atoms with Crippen molar-refractivity contribution in [1.29, 1.82) is 0 Å². The summed E-state index contributed by atoms with van der Waals surface area (Å²) < 4.78 is 0. The van der Waals surface area contributed by atoms with Crippen molar-refractivity contribution < 1.29 is 5.11 Å². The molecular formula is C8H10N2O. The molecule has 1 aliphatic carbocycles. The van der Waals surface area contributed by atoms with Crippen molar-refractivity contribution in [2.45, 2.75) is 19.4 Å². The van der Waals surface area contributed by atoms with Crippen LogP contribution in [-0.4, -0.2) is 21.2 Å². The Morgan fingerprint density at radius 3 is 3.36 bits per heavy atom. The maximum Gasteiger partial charge on any atom is 0.104 e. The third kappa shape index (κ3) is 1.07. The van der Waals surface area contributed by atoms with E-state index in [4.69, 9.17) is 0 Å². The van der Waals surface area contributed by atoms with Gasteiger partial charge in [0.15, 0.2) is 0 Å². The average molecular weight is 150 g/mol. The smallest absolute Gasteiger partial charge is 0.104 e. The summed E-state index contributed by atoms with van der Waals surface area (Å²) in [6.45, 7) is 1.91. The molecular weight excluding hydrogens is 140 g/mol. The number of rotatable bonds is 0. The average Bonchev–Trinajstić information content (AvgIpc) is 2.27. The number of aliphatic hydroxyl groups is 1. The van der Waals surface area contributed by atoms with Gasteiger partial charge in [-0.2, -0.15) is 0 Å². The topological polar surface area (TPSA) is 48.9 Å². The minimum absolute atomic E-state index is 0.345. The first-order chi connectivity index (χ1) is 5.25. The highest BCUT2D eigenvalue weighted by Crippen LogP contribution is 1.95. The van der Waals surface area contributed by atoms with Crippen molar-refractivity contribution in [3.05, 3.63) is 16.5 Å². The Morgan fingerprint density at radius 1 is 1.73 bits per heavy atom. The van der Waals surface area contributed by atoms with Crippen LogP contribution in [0.25, 0.3) is 12.2 Å². The van der Waals surface area contributed by atoms with Gasteiger partial charge >= 0.3 is 0 Å². The molecule has 0 amide bonds. The minimum Gasteiger partial charge on any atom is -0.389 e. The van der Waals surface area contributed by atoms with E-state index in [-0.39, 0.29) is 6.10 Å². The lowest BCUT2D eigenvalue weighted by molar-refractivity contribution is 0.244. The van der Waals surface area contributed by atoms with Gasteiger partial charge in [0.1, 0.15) is 5.82 Å². The van der Waals surface area contributed by atoms with Crippen LogP contribution in [0.1, 0.15) is 12.2 Å². The number of aliphatic hydroxyl groups excluding tert-OH is 1. The molecule has 0 aliphatic heterocycles. The summed E-state index contributed by atoms with van der Waals surface area (Å²) in [5, 5.41) is 11.1. The summed E-state index contributed by atoms with van der Waals surface area (Å²) >= 11 is 0. The highest BCUT2D eigenvalue weighted by atomic mass is 16.3. The molecule has 1 aromatic heterocycles. The first-order valence-electron chi connectivity index (χ1n) is 3.68. The molecule has 1 heterocycles. The molecule has 1 unspecified atom stereocenters. The lowest BCUT2D eigenvalue weighted by atomic mass is 10.1. The second kappa shape index (κ2) is 2.20. The quantitative estimate of drug-likeness (QED) is 0.500. The van der Waals surface area contributed by atoms with Crippen molar-refractivity contribution in [3.63, 3.8) is 0 Å². The summed E-state index contributed by atoms with van der Waals surface area (Å²) in [5.41, 5.74) is 0. The lowest BCUT2D eigenvalue weighted by Gasteiger charge is -2.01. The normalized spacial score (nSPS) is 21.8. The number of aromatic amines is 1. The van der Waals surface area contributed by atoms with Crippen LogP contribution in [0.2, 0.25) is 0 Å². The Hall–Kier alpha value is -1.09. The van der Waals surface area contributed by atoms with Crippen molar-refractivity contribution in [2.24, 2.45) is 0 Å². The second-order valence-corrected chi connectivity index (χ2v) is 2.79. The van der Waals surface area contributed by atoms with Crippen LogP contribution in [0.5, 0.6) is 0 Å². The third-order valence-electron chi connectivity index (χ3n) is 1.79. The molecule has 11 heavy (non-hydrogen) atoms. The maximum atomic E-state index is 9.23. The van der Waals surface area contributed by atoms with Crippen LogP contribution >= 0.6 is 0 Å². The summed E-state index contributed by atoms with van der Waals surface area (Å²) in [6, 6.07) is 0. The highest BCUT2D eigenvalue weighted by molar-refractivity contribution is 5.37. The molecule has 0 spiro atoms. The van der Waals surface area contributed by atoms with Gasteiger partial charge in [-0.1, -0.05) is 6.08 Å². The van der Waals surface area contributed by atoms with Crippen LogP contribution in [0.15, 0.2) is 0 Å². The number of imidazole rings is 1. The molecule has 1 atom stereocenters. The summed E-state index contributed by atoms with van der Waals surface area (Å²) in [6.07, 6.45) is 4.08. The van der Waals surface area contributed by atoms with Gasteiger partial charge in [0.2, 0.25) is 0 Å². The van der Waals surface area contributed by atoms with Crippen molar-refractivity contribution in [2.75, 3.05) is 0 Å². The van der Waals surface area contributed by atoms with Gasteiger partial charge in [-0.3, -0.25) is 0 Å². The van der Waals surface area contributed by atoms with E-state index in [2.05, 4.69) is 9.97 Å². The van der Waals surface area contributed by atoms with Gasteiger partial charge in [-0.25, -0.2) is 4.98 Å². The van der Waals surface area contributed by atoms with E-state index in [9.17, 15) is 5.11 Å². The molecule has 2 N–H and O–H groups in total. The van der Waals surface area contributed by atoms with E-state index < -0.39 is 0 Å². The molecule has 1 aromatic rings. The Balaban J connectivity index is 2.72. The zero-order valence-electron chi connectivity index (χ0n) is 6.33. The molecule has 0 fully saturated rings. The van der Waals surface area contributed by atoms with Crippen molar-refractivity contribution in [3.8, 4) is 0 Å². The molecule has 2 rings (SSSR count). The summed E-state index contributed by atoms with van der Waals surface area (Å²) in [5.74, 6) is 0.900. The Labute approximate surface area is 64.1 Å². The van der Waals surface area contributed by atoms with Crippen LogP contribution < -0.4 is 10.7 Å². The van der Waals surface area contributed by atoms with Crippen molar-refractivity contribution >= 4 is 12.2 Å². The first kappa shape index (κ1) is 6.61. The van der Waals surface area contributed by atoms with Gasteiger partial charge in [-0.05, 0) is 19.4 Å². The van der Waals surface area contributed by atoms with Crippen LogP contribution in [0, 0.1) is 6.92 Å². The molecule has 3 heteroatoms. The maximum absolute atomic E-state index is 9.23. The molecule has 0 saturated carbocycles. The second-order valence-electron chi connectivity index (χ2n) is 2.79. The molecule has 1 aliphatic rings. The van der Waals surface area contributed by atoms with Gasteiger partial charge in [0, 0.05) is 0 Å². The van der Waals surface area contributed by atoms with Gasteiger partial charge in [-0.15, -0.1) is 0 Å². The molecule has 3 nitrogen and oxygen atoms in total. The fourth-order valence-electron chi connectivity index (χ4n) is 1.30. The number of fused-ring (bicyclic) bond motifs is 1. The zero-order valence-corrected chi connectivity index (χ0v) is 6.33. The van der Waals surface area contributed by atoms with Crippen molar-refractivity contribution in [1.82, 2.24) is 9.97 Å². The molecule has 0 aromatic carbocycles. The third-order valence-corrected chi connectivity index (χ3v) is 1.79. The number of nitrogens with one attached hydrogen (secondary N) is 1. The van der Waals surface area contributed by atoms with E-state index in [1.807, 2.05) is 13.0 Å². The monoisotopic (exact) mass is 150 g/mol. The zero-order chi connectivity index (χ0) is 7.84. The van der Waals surface area contributed by atoms with E-state index in [1.165, 1.54) is 0 Å². The van der Waals surface area contributed by atoms with E-state index >= 15 is 0 Å². The number of H-pyrrole nitrogens is 1. The van der Waals surface area contributed by atoms with Gasteiger partial charge in [0.05, 0.1) is 16.8 Å². The predicted octanol–water partition coefficient (Wildman–Crippen LogP) is -0.956. The molecule has 0 saturated heterocycles. The van der Waals surface area contributed by atoms with Crippen LogP contribution in [0.4, 0.5) is 0 Å². The van der Waals surface area contributed by atoms with E-state index in [1.54, 1.807) is 6.08 Å². The Kier molecular flexibility index (Phi) is 1.32. The molecule has 58 valence electrons. The summed E-state index contributed by atoms with van der Waals surface area (Å²) in [7, 11) is 0. The highest BCUT2D eigenvalue weighted by Gasteiger charge is 2.04. The number of aryl methyl sites for hydroxylation is 1. The number of aromatic nitrogens is 2. The first-order valence-corrected chi connectivity index (χ1v) is 3.68. The van der Waals surface area contributed by atoms with E-state index in [0.717, 1.165) is 16.5 Å². The van der Waals surface area contributed by atoms with Crippen LogP contribution in [0.3, 0.4) is 0 Å². The summed E-state index contributed by atoms with van der Waals surface area (Å²) in [4.78, 5) is 7.30. The SMILES string of the molecule is Cc1nc2c([nH]1)=CC(O)CC=2. The van der Waals surface area contributed by atoms with Crippen LogP contribution in [-0.2, 0) is 0 Å². The molecule has 0 bridgehead atoms. The number of hydrogen-bond donors (Lipinski definition) is 2. The fraction of sp³-hybridized carbons (Fsp3) is 0.375. The minimum atomic E-state index is -0.345. The Bertz CT molecular complexity index is 377. The standard InChI is InChI=1S/C8H10N2O/c1-5-9-7-3-2-6(11)4-8(7)10-5/h3-4,6,11H,2H2,1H3,(H,9,10). The molecule has 0 radical (unpaired) electrons. The lowest BCUT2D eigenvalue weighted by Crippen LogP contribution is -2.30. The number of hydrogen-bond acceptors (Lipinski definition) is 2.